The maximum atomic E-state index is 11.7. The van der Waals surface area contributed by atoms with Gasteiger partial charge in [0.2, 0.25) is 0 Å². The predicted octanol–water partition coefficient (Wildman–Crippen LogP) is 2.05. The summed E-state index contributed by atoms with van der Waals surface area (Å²) in [6.45, 7) is 2.66. The zero-order valence-corrected chi connectivity index (χ0v) is 11.5. The van der Waals surface area contributed by atoms with Crippen LogP contribution in [0.5, 0.6) is 0 Å². The van der Waals surface area contributed by atoms with E-state index >= 15 is 0 Å². The normalized spacial score (nSPS) is 11.4. The van der Waals surface area contributed by atoms with Crippen LogP contribution in [-0.2, 0) is 9.84 Å². The van der Waals surface area contributed by atoms with E-state index in [9.17, 15) is 8.42 Å². The van der Waals surface area contributed by atoms with E-state index in [1.807, 2.05) is 6.07 Å². The molecule has 0 aromatic heterocycles. The van der Waals surface area contributed by atoms with Crippen molar-refractivity contribution in [1.82, 2.24) is 0 Å². The standard InChI is InChI=1S/C13H21NO3S/c1-2-18(16,17)13-8-6-7-12(11-13)14-9-4-3-5-10-15/h6-8,11,14-15H,2-5,9-10H2,1H3. The van der Waals surface area contributed by atoms with Gasteiger partial charge in [0, 0.05) is 18.8 Å². The minimum absolute atomic E-state index is 0.118. The average Bonchev–Trinajstić information content (AvgIpc) is 2.39. The van der Waals surface area contributed by atoms with Crippen LogP contribution in [0.25, 0.3) is 0 Å². The third kappa shape index (κ3) is 4.66. The van der Waals surface area contributed by atoms with Crippen molar-refractivity contribution in [2.24, 2.45) is 0 Å². The van der Waals surface area contributed by atoms with Gasteiger partial charge < -0.3 is 10.4 Å². The average molecular weight is 271 g/mol. The molecule has 0 atom stereocenters. The SMILES string of the molecule is CCS(=O)(=O)c1cccc(NCCCCCO)c1. The number of anilines is 1. The molecule has 102 valence electrons. The molecule has 1 aromatic carbocycles. The molecule has 4 nitrogen and oxygen atoms in total. The molecule has 0 amide bonds. The minimum atomic E-state index is -3.13. The third-order valence-corrected chi connectivity index (χ3v) is 4.47. The van der Waals surface area contributed by atoms with Gasteiger partial charge in [-0.3, -0.25) is 0 Å². The zero-order valence-electron chi connectivity index (χ0n) is 10.7. The van der Waals surface area contributed by atoms with E-state index < -0.39 is 9.84 Å². The van der Waals surface area contributed by atoms with E-state index in [4.69, 9.17) is 5.11 Å². The Morgan fingerprint density at radius 2 is 2.00 bits per heavy atom. The number of nitrogens with one attached hydrogen (secondary N) is 1. The summed E-state index contributed by atoms with van der Waals surface area (Å²) in [4.78, 5) is 0.366. The Morgan fingerprint density at radius 3 is 2.67 bits per heavy atom. The van der Waals surface area contributed by atoms with Crippen LogP contribution < -0.4 is 5.32 Å². The van der Waals surface area contributed by atoms with Crippen molar-refractivity contribution < 1.29 is 13.5 Å². The summed E-state index contributed by atoms with van der Waals surface area (Å²) in [7, 11) is -3.13. The molecule has 0 saturated heterocycles. The van der Waals surface area contributed by atoms with Gasteiger partial charge in [-0.05, 0) is 37.5 Å². The van der Waals surface area contributed by atoms with Crippen molar-refractivity contribution in [3.05, 3.63) is 24.3 Å². The van der Waals surface area contributed by atoms with Crippen LogP contribution in [-0.4, -0.2) is 32.4 Å². The highest BCUT2D eigenvalue weighted by Gasteiger charge is 2.11. The number of unbranched alkanes of at least 4 members (excludes halogenated alkanes) is 2. The lowest BCUT2D eigenvalue weighted by Crippen LogP contribution is -2.06. The summed E-state index contributed by atoms with van der Waals surface area (Å²) in [5.74, 6) is 0.118. The van der Waals surface area contributed by atoms with Crippen LogP contribution in [0, 0.1) is 0 Å². The van der Waals surface area contributed by atoms with E-state index in [0.717, 1.165) is 31.5 Å². The maximum absolute atomic E-state index is 11.7. The van der Waals surface area contributed by atoms with Gasteiger partial charge in [-0.15, -0.1) is 0 Å². The van der Waals surface area contributed by atoms with E-state index in [1.165, 1.54) is 0 Å². The van der Waals surface area contributed by atoms with Crippen molar-refractivity contribution in [2.45, 2.75) is 31.1 Å². The van der Waals surface area contributed by atoms with Crippen molar-refractivity contribution in [3.8, 4) is 0 Å². The van der Waals surface area contributed by atoms with Gasteiger partial charge in [0.25, 0.3) is 0 Å². The molecule has 0 saturated carbocycles. The van der Waals surface area contributed by atoms with Gasteiger partial charge >= 0.3 is 0 Å². The molecular weight excluding hydrogens is 250 g/mol. The van der Waals surface area contributed by atoms with Crippen LogP contribution in [0.2, 0.25) is 0 Å². The van der Waals surface area contributed by atoms with Gasteiger partial charge in [0.05, 0.1) is 10.6 Å². The molecule has 0 radical (unpaired) electrons. The third-order valence-electron chi connectivity index (χ3n) is 2.74. The number of aliphatic hydroxyl groups is 1. The quantitative estimate of drug-likeness (QED) is 0.710. The first-order valence-corrected chi connectivity index (χ1v) is 7.93. The first-order valence-electron chi connectivity index (χ1n) is 6.27. The molecular formula is C13H21NO3S. The van der Waals surface area contributed by atoms with Gasteiger partial charge in [-0.2, -0.15) is 0 Å². The number of sulfone groups is 1. The Balaban J connectivity index is 2.55. The second-order valence-corrected chi connectivity index (χ2v) is 6.42. The summed E-state index contributed by atoms with van der Waals surface area (Å²) in [6.07, 6.45) is 2.74. The lowest BCUT2D eigenvalue weighted by Gasteiger charge is -2.08. The summed E-state index contributed by atoms with van der Waals surface area (Å²) in [6, 6.07) is 6.90. The van der Waals surface area contributed by atoms with Gasteiger partial charge in [-0.25, -0.2) is 8.42 Å². The smallest absolute Gasteiger partial charge is 0.178 e. The molecule has 1 rings (SSSR count). The van der Waals surface area contributed by atoms with Gasteiger partial charge in [-0.1, -0.05) is 13.0 Å². The fraction of sp³-hybridized carbons (Fsp3) is 0.538. The van der Waals surface area contributed by atoms with Crippen LogP contribution in [0.15, 0.2) is 29.2 Å². The van der Waals surface area contributed by atoms with E-state index in [0.29, 0.717) is 4.90 Å². The highest BCUT2D eigenvalue weighted by molar-refractivity contribution is 7.91. The number of rotatable bonds is 8. The molecule has 0 bridgehead atoms. The van der Waals surface area contributed by atoms with Crippen molar-refractivity contribution in [1.29, 1.82) is 0 Å². The Kier molecular flexibility index (Phi) is 6.15. The molecule has 18 heavy (non-hydrogen) atoms. The monoisotopic (exact) mass is 271 g/mol. The summed E-state index contributed by atoms with van der Waals surface area (Å²) < 4.78 is 23.4. The number of benzene rings is 1. The fourth-order valence-corrected chi connectivity index (χ4v) is 2.54. The Hall–Kier alpha value is -1.07. The molecule has 5 heteroatoms. The first kappa shape index (κ1) is 15.0. The number of hydrogen-bond acceptors (Lipinski definition) is 4. The number of hydrogen-bond donors (Lipinski definition) is 2. The van der Waals surface area contributed by atoms with E-state index in [1.54, 1.807) is 25.1 Å². The maximum Gasteiger partial charge on any atom is 0.178 e. The van der Waals surface area contributed by atoms with Crippen molar-refractivity contribution >= 4 is 15.5 Å². The van der Waals surface area contributed by atoms with Crippen molar-refractivity contribution in [2.75, 3.05) is 24.2 Å². The summed E-state index contributed by atoms with van der Waals surface area (Å²) in [5.41, 5.74) is 0.827. The molecule has 0 heterocycles. The van der Waals surface area contributed by atoms with E-state index in [-0.39, 0.29) is 12.4 Å². The lowest BCUT2D eigenvalue weighted by atomic mass is 10.2. The topological polar surface area (TPSA) is 66.4 Å². The molecule has 0 aliphatic heterocycles. The second-order valence-electron chi connectivity index (χ2n) is 4.14. The second kappa shape index (κ2) is 7.38. The summed E-state index contributed by atoms with van der Waals surface area (Å²) >= 11 is 0. The predicted molar refractivity (Wildman–Crippen MR) is 73.6 cm³/mol. The Labute approximate surface area is 109 Å². The zero-order chi connectivity index (χ0) is 13.4. The Bertz CT molecular complexity index is 457. The summed E-state index contributed by atoms with van der Waals surface area (Å²) in [5, 5.41) is 11.8. The van der Waals surface area contributed by atoms with Crippen LogP contribution in [0.3, 0.4) is 0 Å². The fourth-order valence-electron chi connectivity index (χ4n) is 1.61. The van der Waals surface area contributed by atoms with Crippen molar-refractivity contribution in [3.63, 3.8) is 0 Å². The highest BCUT2D eigenvalue weighted by Crippen LogP contribution is 2.16. The largest absolute Gasteiger partial charge is 0.396 e. The molecule has 1 aromatic rings. The van der Waals surface area contributed by atoms with Crippen LogP contribution in [0.4, 0.5) is 5.69 Å². The Morgan fingerprint density at radius 1 is 1.22 bits per heavy atom. The first-order chi connectivity index (χ1) is 8.60. The van der Waals surface area contributed by atoms with Crippen LogP contribution >= 0.6 is 0 Å². The van der Waals surface area contributed by atoms with Gasteiger partial charge in [0.1, 0.15) is 0 Å². The molecule has 2 N–H and O–H groups in total. The van der Waals surface area contributed by atoms with E-state index in [2.05, 4.69) is 5.32 Å². The minimum Gasteiger partial charge on any atom is -0.396 e. The number of aliphatic hydroxyl groups excluding tert-OH is 1. The molecule has 0 unspecified atom stereocenters. The molecule has 0 fully saturated rings. The van der Waals surface area contributed by atoms with Crippen LogP contribution in [0.1, 0.15) is 26.2 Å². The van der Waals surface area contributed by atoms with Gasteiger partial charge in [0.15, 0.2) is 9.84 Å². The molecule has 0 aliphatic carbocycles. The lowest BCUT2D eigenvalue weighted by molar-refractivity contribution is 0.283. The highest BCUT2D eigenvalue weighted by atomic mass is 32.2. The molecule has 0 spiro atoms. The molecule has 0 aliphatic rings.